The van der Waals surface area contributed by atoms with Crippen molar-refractivity contribution < 1.29 is 9.47 Å². The fraction of sp³-hybridized carbons (Fsp3) is 0.375. The van der Waals surface area contributed by atoms with E-state index in [4.69, 9.17) is 9.47 Å². The fourth-order valence-electron chi connectivity index (χ4n) is 2.11. The van der Waals surface area contributed by atoms with Gasteiger partial charge in [-0.25, -0.2) is 4.98 Å². The summed E-state index contributed by atoms with van der Waals surface area (Å²) in [5.41, 5.74) is 0. The molecule has 1 N–H and O–H groups in total. The van der Waals surface area contributed by atoms with Crippen molar-refractivity contribution >= 4 is 5.82 Å². The Kier molecular flexibility index (Phi) is 3.90. The van der Waals surface area contributed by atoms with Crippen LogP contribution in [0.4, 0.5) is 5.82 Å². The molecule has 0 amide bonds. The van der Waals surface area contributed by atoms with Gasteiger partial charge in [0, 0.05) is 18.5 Å². The number of anilines is 1. The lowest BCUT2D eigenvalue weighted by atomic mass is 10.3. The molecule has 5 nitrogen and oxygen atoms in total. The SMILES string of the molecule is CCNc1cc(Oc2ccccc2OC)nc(C2CC2)n1. The summed E-state index contributed by atoms with van der Waals surface area (Å²) < 4.78 is 11.2. The van der Waals surface area contributed by atoms with E-state index in [1.54, 1.807) is 7.11 Å². The number of ether oxygens (including phenoxy) is 2. The smallest absolute Gasteiger partial charge is 0.224 e. The molecule has 1 aliphatic carbocycles. The van der Waals surface area contributed by atoms with Gasteiger partial charge in [0.25, 0.3) is 0 Å². The summed E-state index contributed by atoms with van der Waals surface area (Å²) in [6.45, 7) is 2.86. The van der Waals surface area contributed by atoms with E-state index in [0.29, 0.717) is 23.3 Å². The Hall–Kier alpha value is -2.30. The van der Waals surface area contributed by atoms with Gasteiger partial charge in [0.15, 0.2) is 11.5 Å². The van der Waals surface area contributed by atoms with Gasteiger partial charge in [-0.1, -0.05) is 12.1 Å². The first-order chi connectivity index (χ1) is 10.3. The Balaban J connectivity index is 1.89. The first kappa shape index (κ1) is 13.7. The molecular weight excluding hydrogens is 266 g/mol. The Labute approximate surface area is 124 Å². The molecule has 21 heavy (non-hydrogen) atoms. The van der Waals surface area contributed by atoms with E-state index < -0.39 is 0 Å². The van der Waals surface area contributed by atoms with E-state index >= 15 is 0 Å². The van der Waals surface area contributed by atoms with Crippen molar-refractivity contribution in [3.8, 4) is 17.4 Å². The maximum atomic E-state index is 5.89. The summed E-state index contributed by atoms with van der Waals surface area (Å²) >= 11 is 0. The molecule has 3 rings (SSSR count). The highest BCUT2D eigenvalue weighted by Gasteiger charge is 2.27. The quantitative estimate of drug-likeness (QED) is 0.879. The van der Waals surface area contributed by atoms with Crippen LogP contribution in [0.2, 0.25) is 0 Å². The summed E-state index contributed by atoms with van der Waals surface area (Å²) in [6.07, 6.45) is 2.31. The maximum Gasteiger partial charge on any atom is 0.224 e. The van der Waals surface area contributed by atoms with Crippen LogP contribution in [-0.2, 0) is 0 Å². The standard InChI is InChI=1S/C16H19N3O2/c1-3-17-14-10-15(19-16(18-14)11-8-9-11)21-13-7-5-4-6-12(13)20-2/h4-7,10-11H,3,8-9H2,1-2H3,(H,17,18,19). The third-order valence-electron chi connectivity index (χ3n) is 3.30. The first-order valence-electron chi connectivity index (χ1n) is 7.24. The summed E-state index contributed by atoms with van der Waals surface area (Å²) in [6, 6.07) is 9.37. The predicted octanol–water partition coefficient (Wildman–Crippen LogP) is 3.59. The molecular formula is C16H19N3O2. The van der Waals surface area contributed by atoms with Gasteiger partial charge in [-0.2, -0.15) is 4.98 Å². The molecule has 110 valence electrons. The monoisotopic (exact) mass is 285 g/mol. The van der Waals surface area contributed by atoms with Gasteiger partial charge in [0.05, 0.1) is 7.11 Å². The van der Waals surface area contributed by atoms with Crippen LogP contribution in [-0.4, -0.2) is 23.6 Å². The van der Waals surface area contributed by atoms with Crippen LogP contribution < -0.4 is 14.8 Å². The molecule has 1 aromatic carbocycles. The molecule has 0 saturated heterocycles. The molecule has 1 aliphatic rings. The van der Waals surface area contributed by atoms with Crippen molar-refractivity contribution in [2.45, 2.75) is 25.7 Å². The minimum absolute atomic E-state index is 0.476. The molecule has 0 aliphatic heterocycles. The zero-order valence-electron chi connectivity index (χ0n) is 12.3. The fourth-order valence-corrected chi connectivity index (χ4v) is 2.11. The van der Waals surface area contributed by atoms with E-state index in [1.807, 2.05) is 37.3 Å². The van der Waals surface area contributed by atoms with Gasteiger partial charge in [-0.05, 0) is 31.9 Å². The van der Waals surface area contributed by atoms with Gasteiger partial charge < -0.3 is 14.8 Å². The van der Waals surface area contributed by atoms with E-state index in [0.717, 1.165) is 31.0 Å². The van der Waals surface area contributed by atoms with Crippen molar-refractivity contribution in [2.75, 3.05) is 19.0 Å². The van der Waals surface area contributed by atoms with Gasteiger partial charge in [-0.15, -0.1) is 0 Å². The number of hydrogen-bond acceptors (Lipinski definition) is 5. The number of para-hydroxylation sites is 2. The van der Waals surface area contributed by atoms with E-state index in [2.05, 4.69) is 15.3 Å². The lowest BCUT2D eigenvalue weighted by Crippen LogP contribution is -2.04. The van der Waals surface area contributed by atoms with Gasteiger partial charge in [0.1, 0.15) is 11.6 Å². The molecule has 0 atom stereocenters. The number of rotatable bonds is 6. The lowest BCUT2D eigenvalue weighted by molar-refractivity contribution is 0.373. The second-order valence-electron chi connectivity index (χ2n) is 5.01. The van der Waals surface area contributed by atoms with Crippen LogP contribution in [0, 0.1) is 0 Å². The normalized spacial score (nSPS) is 13.8. The Morgan fingerprint density at radius 1 is 1.19 bits per heavy atom. The number of aromatic nitrogens is 2. The molecule has 1 fully saturated rings. The molecule has 0 bridgehead atoms. The summed E-state index contributed by atoms with van der Waals surface area (Å²) in [5, 5.41) is 3.22. The van der Waals surface area contributed by atoms with Crippen LogP contribution in [0.3, 0.4) is 0 Å². The van der Waals surface area contributed by atoms with Crippen molar-refractivity contribution in [2.24, 2.45) is 0 Å². The number of nitrogens with zero attached hydrogens (tertiary/aromatic N) is 2. The van der Waals surface area contributed by atoms with Gasteiger partial charge in [-0.3, -0.25) is 0 Å². The summed E-state index contributed by atoms with van der Waals surface area (Å²) in [7, 11) is 1.63. The number of methoxy groups -OCH3 is 1. The van der Waals surface area contributed by atoms with Gasteiger partial charge >= 0.3 is 0 Å². The zero-order chi connectivity index (χ0) is 14.7. The minimum Gasteiger partial charge on any atom is -0.493 e. The van der Waals surface area contributed by atoms with Crippen molar-refractivity contribution in [3.05, 3.63) is 36.2 Å². The molecule has 5 heteroatoms. The molecule has 0 unspecified atom stereocenters. The van der Waals surface area contributed by atoms with Crippen LogP contribution in [0.5, 0.6) is 17.4 Å². The molecule has 0 radical (unpaired) electrons. The predicted molar refractivity (Wildman–Crippen MR) is 81.2 cm³/mol. The highest BCUT2D eigenvalue weighted by molar-refractivity contribution is 5.44. The van der Waals surface area contributed by atoms with Crippen molar-refractivity contribution in [3.63, 3.8) is 0 Å². The molecule has 1 saturated carbocycles. The van der Waals surface area contributed by atoms with Crippen LogP contribution >= 0.6 is 0 Å². The average molecular weight is 285 g/mol. The van der Waals surface area contributed by atoms with Crippen LogP contribution in [0.15, 0.2) is 30.3 Å². The van der Waals surface area contributed by atoms with Crippen molar-refractivity contribution in [1.82, 2.24) is 9.97 Å². The largest absolute Gasteiger partial charge is 0.493 e. The summed E-state index contributed by atoms with van der Waals surface area (Å²) in [5.74, 6) is 4.03. The Bertz CT molecular complexity index is 627. The third kappa shape index (κ3) is 3.24. The number of nitrogens with one attached hydrogen (secondary N) is 1. The topological polar surface area (TPSA) is 56.3 Å². The van der Waals surface area contributed by atoms with E-state index in [-0.39, 0.29) is 0 Å². The Morgan fingerprint density at radius 2 is 1.95 bits per heavy atom. The summed E-state index contributed by atoms with van der Waals surface area (Å²) in [4.78, 5) is 9.06. The van der Waals surface area contributed by atoms with Crippen LogP contribution in [0.25, 0.3) is 0 Å². The molecule has 2 aromatic rings. The number of benzene rings is 1. The maximum absolute atomic E-state index is 5.89. The molecule has 0 spiro atoms. The van der Waals surface area contributed by atoms with Crippen molar-refractivity contribution in [1.29, 1.82) is 0 Å². The highest BCUT2D eigenvalue weighted by Crippen LogP contribution is 2.40. The molecule has 1 heterocycles. The van der Waals surface area contributed by atoms with E-state index in [9.17, 15) is 0 Å². The third-order valence-corrected chi connectivity index (χ3v) is 3.30. The second kappa shape index (κ2) is 5.99. The lowest BCUT2D eigenvalue weighted by Gasteiger charge is -2.11. The van der Waals surface area contributed by atoms with E-state index in [1.165, 1.54) is 0 Å². The van der Waals surface area contributed by atoms with Gasteiger partial charge in [0.2, 0.25) is 5.88 Å². The minimum atomic E-state index is 0.476. The van der Waals surface area contributed by atoms with Crippen LogP contribution in [0.1, 0.15) is 31.5 Å². The first-order valence-corrected chi connectivity index (χ1v) is 7.24. The molecule has 1 aromatic heterocycles. The Morgan fingerprint density at radius 3 is 2.62 bits per heavy atom. The highest BCUT2D eigenvalue weighted by atomic mass is 16.5. The second-order valence-corrected chi connectivity index (χ2v) is 5.01. The number of hydrogen-bond donors (Lipinski definition) is 1. The zero-order valence-corrected chi connectivity index (χ0v) is 12.3. The average Bonchev–Trinajstić information content (AvgIpc) is 3.32.